The minimum Gasteiger partial charge on any atom is -0.491 e. The van der Waals surface area contributed by atoms with Crippen LogP contribution in [0.15, 0.2) is 77.4 Å². The van der Waals surface area contributed by atoms with Gasteiger partial charge in [-0.05, 0) is 42.0 Å². The lowest BCUT2D eigenvalue weighted by atomic mass is 10.2. The van der Waals surface area contributed by atoms with Crippen LogP contribution in [-0.2, 0) is 13.1 Å². The monoisotopic (exact) mass is 355 g/mol. The van der Waals surface area contributed by atoms with E-state index in [1.807, 2.05) is 53.4 Å². The Kier molecular flexibility index (Phi) is 6.41. The number of ether oxygens (including phenoxy) is 1. The molecule has 0 aliphatic carbocycles. The highest BCUT2D eigenvalue weighted by atomic mass is 19.1. The SMILES string of the molecule is O[C@H](COc1ccccc1)CN(Cc1cccc(F)c1)Cc1ccco1. The van der Waals surface area contributed by atoms with Gasteiger partial charge in [0.05, 0.1) is 12.8 Å². The number of hydrogen-bond donors (Lipinski definition) is 1. The normalized spacial score (nSPS) is 12.3. The molecule has 136 valence electrons. The van der Waals surface area contributed by atoms with E-state index >= 15 is 0 Å². The first-order valence-corrected chi connectivity index (χ1v) is 8.54. The largest absolute Gasteiger partial charge is 0.491 e. The first-order chi connectivity index (χ1) is 12.7. The van der Waals surface area contributed by atoms with Crippen molar-refractivity contribution < 1.29 is 18.7 Å². The Hall–Kier alpha value is -2.63. The summed E-state index contributed by atoms with van der Waals surface area (Å²) in [7, 11) is 0. The number of para-hydroxylation sites is 1. The second-order valence-corrected chi connectivity index (χ2v) is 6.16. The Morgan fingerprint density at radius 2 is 1.85 bits per heavy atom. The van der Waals surface area contributed by atoms with Crippen LogP contribution in [0.4, 0.5) is 4.39 Å². The van der Waals surface area contributed by atoms with Gasteiger partial charge < -0.3 is 14.3 Å². The summed E-state index contributed by atoms with van der Waals surface area (Å²) in [4.78, 5) is 2.01. The fourth-order valence-electron chi connectivity index (χ4n) is 2.76. The van der Waals surface area contributed by atoms with Crippen LogP contribution in [0.3, 0.4) is 0 Å². The molecule has 5 heteroatoms. The van der Waals surface area contributed by atoms with Gasteiger partial charge in [0, 0.05) is 13.1 Å². The second kappa shape index (κ2) is 9.17. The standard InChI is InChI=1S/C21H22FNO3/c22-18-7-4-6-17(12-18)13-23(15-21-10-5-11-25-21)14-19(24)16-26-20-8-2-1-3-9-20/h1-12,19,24H,13-16H2/t19-/m0/s1. The number of aliphatic hydroxyl groups excluding tert-OH is 1. The van der Waals surface area contributed by atoms with Crippen LogP contribution < -0.4 is 4.74 Å². The molecule has 0 radical (unpaired) electrons. The van der Waals surface area contributed by atoms with Gasteiger partial charge in [0.15, 0.2) is 0 Å². The molecule has 0 aliphatic heterocycles. The number of nitrogens with zero attached hydrogens (tertiary/aromatic N) is 1. The Morgan fingerprint density at radius 3 is 2.58 bits per heavy atom. The Balaban J connectivity index is 1.60. The Labute approximate surface area is 152 Å². The summed E-state index contributed by atoms with van der Waals surface area (Å²) in [6, 6.07) is 19.5. The number of furan rings is 1. The number of hydrogen-bond acceptors (Lipinski definition) is 4. The molecule has 0 amide bonds. The van der Waals surface area contributed by atoms with Crippen LogP contribution in [0.1, 0.15) is 11.3 Å². The maximum Gasteiger partial charge on any atom is 0.123 e. The van der Waals surface area contributed by atoms with Crippen molar-refractivity contribution in [3.63, 3.8) is 0 Å². The molecular weight excluding hydrogens is 333 g/mol. The fourth-order valence-corrected chi connectivity index (χ4v) is 2.76. The molecule has 1 N–H and O–H groups in total. The van der Waals surface area contributed by atoms with Crippen LogP contribution >= 0.6 is 0 Å². The van der Waals surface area contributed by atoms with Crippen molar-refractivity contribution >= 4 is 0 Å². The van der Waals surface area contributed by atoms with E-state index in [4.69, 9.17) is 9.15 Å². The first kappa shape index (κ1) is 18.2. The molecule has 4 nitrogen and oxygen atoms in total. The zero-order valence-electron chi connectivity index (χ0n) is 14.4. The van der Waals surface area contributed by atoms with Gasteiger partial charge in [-0.1, -0.05) is 30.3 Å². The van der Waals surface area contributed by atoms with Crippen molar-refractivity contribution in [1.29, 1.82) is 0 Å². The number of aliphatic hydroxyl groups is 1. The van der Waals surface area contributed by atoms with Gasteiger partial charge >= 0.3 is 0 Å². The first-order valence-electron chi connectivity index (χ1n) is 8.54. The van der Waals surface area contributed by atoms with Crippen molar-refractivity contribution in [1.82, 2.24) is 4.90 Å². The zero-order valence-corrected chi connectivity index (χ0v) is 14.4. The van der Waals surface area contributed by atoms with E-state index in [1.54, 1.807) is 12.3 Å². The predicted molar refractivity (Wildman–Crippen MR) is 97.2 cm³/mol. The van der Waals surface area contributed by atoms with E-state index in [1.165, 1.54) is 12.1 Å². The summed E-state index contributed by atoms with van der Waals surface area (Å²) in [6.45, 7) is 1.58. The van der Waals surface area contributed by atoms with Gasteiger partial charge in [-0.2, -0.15) is 0 Å². The topological polar surface area (TPSA) is 45.8 Å². The lowest BCUT2D eigenvalue weighted by Gasteiger charge is -2.24. The fraction of sp³-hybridized carbons (Fsp3) is 0.238. The van der Waals surface area contributed by atoms with Crippen LogP contribution in [0.25, 0.3) is 0 Å². The lowest BCUT2D eigenvalue weighted by molar-refractivity contribution is 0.0604. The molecule has 26 heavy (non-hydrogen) atoms. The predicted octanol–water partition coefficient (Wildman–Crippen LogP) is 3.86. The molecule has 1 aromatic heterocycles. The molecule has 0 fully saturated rings. The van der Waals surface area contributed by atoms with E-state index in [-0.39, 0.29) is 12.4 Å². The maximum absolute atomic E-state index is 13.5. The summed E-state index contributed by atoms with van der Waals surface area (Å²) in [6.07, 6.45) is 0.934. The Morgan fingerprint density at radius 1 is 1.00 bits per heavy atom. The van der Waals surface area contributed by atoms with Gasteiger partial charge in [-0.15, -0.1) is 0 Å². The highest BCUT2D eigenvalue weighted by molar-refractivity contribution is 5.21. The van der Waals surface area contributed by atoms with Crippen molar-refractivity contribution in [3.05, 3.63) is 90.1 Å². The molecule has 0 spiro atoms. The van der Waals surface area contributed by atoms with E-state index in [9.17, 15) is 9.50 Å². The van der Waals surface area contributed by atoms with Crippen LogP contribution in [0.5, 0.6) is 5.75 Å². The van der Waals surface area contributed by atoms with Gasteiger partial charge in [-0.25, -0.2) is 4.39 Å². The molecule has 0 aliphatic rings. The third-order valence-electron chi connectivity index (χ3n) is 3.91. The number of rotatable bonds is 9. The molecule has 3 aromatic rings. The molecule has 0 bridgehead atoms. The van der Waals surface area contributed by atoms with E-state index < -0.39 is 6.10 Å². The lowest BCUT2D eigenvalue weighted by Crippen LogP contribution is -2.35. The van der Waals surface area contributed by atoms with Crippen molar-refractivity contribution in [3.8, 4) is 5.75 Å². The highest BCUT2D eigenvalue weighted by Crippen LogP contribution is 2.13. The molecule has 0 saturated carbocycles. The number of benzene rings is 2. The highest BCUT2D eigenvalue weighted by Gasteiger charge is 2.15. The molecular formula is C21H22FNO3. The van der Waals surface area contributed by atoms with E-state index in [0.29, 0.717) is 25.4 Å². The van der Waals surface area contributed by atoms with Crippen LogP contribution in [-0.4, -0.2) is 29.3 Å². The summed E-state index contributed by atoms with van der Waals surface area (Å²) >= 11 is 0. The smallest absolute Gasteiger partial charge is 0.123 e. The average Bonchev–Trinajstić information content (AvgIpc) is 3.14. The third kappa shape index (κ3) is 5.72. The average molecular weight is 355 g/mol. The summed E-state index contributed by atoms with van der Waals surface area (Å²) < 4.78 is 24.5. The summed E-state index contributed by atoms with van der Waals surface area (Å²) in [5.74, 6) is 1.24. The zero-order chi connectivity index (χ0) is 18.2. The second-order valence-electron chi connectivity index (χ2n) is 6.16. The third-order valence-corrected chi connectivity index (χ3v) is 3.91. The Bertz CT molecular complexity index is 777. The molecule has 0 unspecified atom stereocenters. The van der Waals surface area contributed by atoms with Crippen molar-refractivity contribution in [2.75, 3.05) is 13.2 Å². The van der Waals surface area contributed by atoms with Gasteiger partial charge in [0.25, 0.3) is 0 Å². The van der Waals surface area contributed by atoms with E-state index in [2.05, 4.69) is 0 Å². The van der Waals surface area contributed by atoms with Gasteiger partial charge in [0.2, 0.25) is 0 Å². The quantitative estimate of drug-likeness (QED) is 0.633. The van der Waals surface area contributed by atoms with Gasteiger partial charge in [0.1, 0.15) is 30.0 Å². The molecule has 1 heterocycles. The van der Waals surface area contributed by atoms with E-state index in [0.717, 1.165) is 11.3 Å². The van der Waals surface area contributed by atoms with Gasteiger partial charge in [-0.3, -0.25) is 4.90 Å². The minimum absolute atomic E-state index is 0.182. The maximum atomic E-state index is 13.5. The van der Waals surface area contributed by atoms with Crippen molar-refractivity contribution in [2.24, 2.45) is 0 Å². The van der Waals surface area contributed by atoms with Crippen LogP contribution in [0.2, 0.25) is 0 Å². The molecule has 1 atom stereocenters. The number of halogens is 1. The molecule has 0 saturated heterocycles. The molecule has 2 aromatic carbocycles. The van der Waals surface area contributed by atoms with Crippen LogP contribution in [0, 0.1) is 5.82 Å². The molecule has 3 rings (SSSR count). The minimum atomic E-state index is -0.682. The summed E-state index contributed by atoms with van der Waals surface area (Å²) in [5.41, 5.74) is 0.840. The summed E-state index contributed by atoms with van der Waals surface area (Å²) in [5, 5.41) is 10.4. The van der Waals surface area contributed by atoms with Crippen molar-refractivity contribution in [2.45, 2.75) is 19.2 Å².